The van der Waals surface area contributed by atoms with E-state index >= 15 is 0 Å². The van der Waals surface area contributed by atoms with Crippen molar-refractivity contribution in [3.05, 3.63) is 82.1 Å². The van der Waals surface area contributed by atoms with E-state index in [0.29, 0.717) is 38.6 Å². The number of fused-ring (bicyclic) bond motifs is 1. The van der Waals surface area contributed by atoms with Crippen LogP contribution in [-0.4, -0.2) is 23.0 Å². The van der Waals surface area contributed by atoms with Gasteiger partial charge in [-0.1, -0.05) is 46.7 Å². The molecule has 0 N–H and O–H groups in total. The zero-order valence-electron chi connectivity index (χ0n) is 15.3. The summed E-state index contributed by atoms with van der Waals surface area (Å²) in [7, 11) is 1.60. The molecule has 29 heavy (non-hydrogen) atoms. The molecule has 146 valence electrons. The van der Waals surface area contributed by atoms with Gasteiger partial charge in [0.15, 0.2) is 5.13 Å². The first-order valence-corrected chi connectivity index (χ1v) is 10.2. The molecule has 0 aliphatic carbocycles. The molecule has 2 aromatic heterocycles. The number of rotatable bonds is 5. The van der Waals surface area contributed by atoms with Gasteiger partial charge in [-0.2, -0.15) is 0 Å². The highest BCUT2D eigenvalue weighted by Gasteiger charge is 2.23. The normalized spacial score (nSPS) is 10.9. The van der Waals surface area contributed by atoms with Crippen molar-refractivity contribution >= 4 is 55.8 Å². The van der Waals surface area contributed by atoms with Gasteiger partial charge >= 0.3 is 0 Å². The van der Waals surface area contributed by atoms with Crippen LogP contribution in [0.1, 0.15) is 15.9 Å². The highest BCUT2D eigenvalue weighted by Crippen LogP contribution is 2.35. The quantitative estimate of drug-likeness (QED) is 0.387. The molecule has 0 fully saturated rings. The average molecular weight is 444 g/mol. The van der Waals surface area contributed by atoms with Gasteiger partial charge in [-0.15, -0.1) is 0 Å². The molecule has 0 aliphatic rings. The van der Waals surface area contributed by atoms with Crippen LogP contribution in [0.15, 0.2) is 60.9 Å². The van der Waals surface area contributed by atoms with E-state index in [9.17, 15) is 4.79 Å². The molecule has 0 spiro atoms. The van der Waals surface area contributed by atoms with Crippen LogP contribution in [-0.2, 0) is 6.54 Å². The summed E-state index contributed by atoms with van der Waals surface area (Å²) in [5, 5.41) is 1.34. The number of pyridine rings is 1. The van der Waals surface area contributed by atoms with Gasteiger partial charge in [0.25, 0.3) is 5.91 Å². The number of thiazole rings is 1. The van der Waals surface area contributed by atoms with Crippen LogP contribution < -0.4 is 9.64 Å². The van der Waals surface area contributed by atoms with Gasteiger partial charge < -0.3 is 4.74 Å². The van der Waals surface area contributed by atoms with Crippen LogP contribution in [0.4, 0.5) is 5.13 Å². The molecular formula is C21H15Cl2N3O2S. The minimum absolute atomic E-state index is 0.253. The van der Waals surface area contributed by atoms with Crippen molar-refractivity contribution in [1.29, 1.82) is 0 Å². The van der Waals surface area contributed by atoms with Crippen molar-refractivity contribution in [3.8, 4) is 5.75 Å². The molecule has 0 unspecified atom stereocenters. The highest BCUT2D eigenvalue weighted by molar-refractivity contribution is 7.22. The van der Waals surface area contributed by atoms with Crippen LogP contribution >= 0.6 is 34.5 Å². The van der Waals surface area contributed by atoms with Crippen LogP contribution in [0.5, 0.6) is 5.75 Å². The van der Waals surface area contributed by atoms with Crippen molar-refractivity contribution in [2.24, 2.45) is 0 Å². The number of hydrogen-bond donors (Lipinski definition) is 0. The van der Waals surface area contributed by atoms with Gasteiger partial charge in [0.05, 0.1) is 18.4 Å². The first kappa shape index (κ1) is 19.6. The summed E-state index contributed by atoms with van der Waals surface area (Å²) in [4.78, 5) is 23.8. The maximum atomic E-state index is 13.4. The summed E-state index contributed by atoms with van der Waals surface area (Å²) in [5.74, 6) is 0.404. The predicted octanol–water partition coefficient (Wildman–Crippen LogP) is 5.85. The van der Waals surface area contributed by atoms with Crippen LogP contribution in [0, 0.1) is 0 Å². The minimum atomic E-state index is -0.253. The second kappa shape index (κ2) is 8.37. The van der Waals surface area contributed by atoms with E-state index in [1.54, 1.807) is 42.6 Å². The molecule has 0 bridgehead atoms. The lowest BCUT2D eigenvalue weighted by Gasteiger charge is -2.20. The van der Waals surface area contributed by atoms with Crippen molar-refractivity contribution < 1.29 is 9.53 Å². The zero-order chi connectivity index (χ0) is 20.4. The lowest BCUT2D eigenvalue weighted by molar-refractivity contribution is 0.0985. The molecule has 0 saturated heterocycles. The molecule has 4 aromatic rings. The Balaban J connectivity index is 1.81. The number of benzene rings is 2. The first-order valence-electron chi connectivity index (χ1n) is 8.65. The van der Waals surface area contributed by atoms with Crippen molar-refractivity contribution in [3.63, 3.8) is 0 Å². The predicted molar refractivity (Wildman–Crippen MR) is 117 cm³/mol. The molecule has 1 amide bonds. The highest BCUT2D eigenvalue weighted by atomic mass is 35.5. The molecule has 0 aliphatic heterocycles. The summed E-state index contributed by atoms with van der Waals surface area (Å²) in [5.41, 5.74) is 1.97. The van der Waals surface area contributed by atoms with Crippen LogP contribution in [0.25, 0.3) is 10.2 Å². The maximum Gasteiger partial charge on any atom is 0.260 e. The molecule has 5 nitrogen and oxygen atoms in total. The number of amides is 1. The summed E-state index contributed by atoms with van der Waals surface area (Å²) >= 11 is 13.6. The number of para-hydroxylation sites is 1. The number of ether oxygens (including phenoxy) is 1. The second-order valence-electron chi connectivity index (χ2n) is 6.21. The van der Waals surface area contributed by atoms with Gasteiger partial charge in [0.1, 0.15) is 11.3 Å². The number of carbonyl (C=O) groups excluding carboxylic acids is 1. The average Bonchev–Trinajstić information content (AvgIpc) is 3.15. The molecule has 8 heteroatoms. The Kier molecular flexibility index (Phi) is 5.67. The van der Waals surface area contributed by atoms with E-state index in [-0.39, 0.29) is 5.91 Å². The molecule has 0 radical (unpaired) electrons. The standard InChI is InChI=1S/C21H15Cl2N3O2S/c1-28-17-5-2-6-18-19(17)25-21(29-18)26(12-13-4-3-7-24-11-13)20(27)14-8-15(22)10-16(23)9-14/h2-11H,12H2,1H3. The lowest BCUT2D eigenvalue weighted by Crippen LogP contribution is -2.30. The largest absolute Gasteiger partial charge is 0.494 e. The Morgan fingerprint density at radius 3 is 2.62 bits per heavy atom. The van der Waals surface area contributed by atoms with Gasteiger partial charge in [-0.25, -0.2) is 4.98 Å². The fraction of sp³-hybridized carbons (Fsp3) is 0.0952. The monoisotopic (exact) mass is 443 g/mol. The zero-order valence-corrected chi connectivity index (χ0v) is 17.6. The fourth-order valence-corrected chi connectivity index (χ4v) is 4.43. The third-order valence-electron chi connectivity index (χ3n) is 4.24. The van der Waals surface area contributed by atoms with E-state index in [0.717, 1.165) is 10.3 Å². The van der Waals surface area contributed by atoms with E-state index in [4.69, 9.17) is 27.9 Å². The van der Waals surface area contributed by atoms with Crippen molar-refractivity contribution in [1.82, 2.24) is 9.97 Å². The summed E-state index contributed by atoms with van der Waals surface area (Å²) in [6, 6.07) is 14.2. The maximum absolute atomic E-state index is 13.4. The van der Waals surface area contributed by atoms with Crippen molar-refractivity contribution in [2.75, 3.05) is 12.0 Å². The SMILES string of the molecule is COc1cccc2sc(N(Cc3cccnc3)C(=O)c3cc(Cl)cc(Cl)c3)nc12. The molecule has 2 aromatic carbocycles. The van der Waals surface area contributed by atoms with Gasteiger partial charge in [-0.05, 0) is 42.0 Å². The summed E-state index contributed by atoms with van der Waals surface area (Å²) < 4.78 is 6.33. The van der Waals surface area contributed by atoms with Crippen LogP contribution in [0.2, 0.25) is 10.0 Å². The number of nitrogens with zero attached hydrogens (tertiary/aromatic N) is 3. The molecular weight excluding hydrogens is 429 g/mol. The van der Waals surface area contributed by atoms with Crippen LogP contribution in [0.3, 0.4) is 0 Å². The first-order chi connectivity index (χ1) is 14.0. The van der Waals surface area contributed by atoms with Gasteiger partial charge in [-0.3, -0.25) is 14.7 Å². The van der Waals surface area contributed by atoms with E-state index < -0.39 is 0 Å². The number of halogens is 2. The van der Waals surface area contributed by atoms with Gasteiger partial charge in [0.2, 0.25) is 0 Å². The van der Waals surface area contributed by atoms with E-state index in [2.05, 4.69) is 9.97 Å². The molecule has 2 heterocycles. The van der Waals surface area contributed by atoms with E-state index in [1.807, 2.05) is 30.3 Å². The Labute approximate surface area is 181 Å². The van der Waals surface area contributed by atoms with Crippen molar-refractivity contribution in [2.45, 2.75) is 6.54 Å². The number of carbonyl (C=O) groups is 1. The number of methoxy groups -OCH3 is 1. The third-order valence-corrected chi connectivity index (χ3v) is 5.72. The Morgan fingerprint density at radius 2 is 1.93 bits per heavy atom. The van der Waals surface area contributed by atoms with E-state index in [1.165, 1.54) is 11.3 Å². The molecule has 0 atom stereocenters. The van der Waals surface area contributed by atoms with Gasteiger partial charge in [0, 0.05) is 28.0 Å². The number of hydrogen-bond acceptors (Lipinski definition) is 5. The lowest BCUT2D eigenvalue weighted by atomic mass is 10.2. The Morgan fingerprint density at radius 1 is 1.14 bits per heavy atom. The third kappa shape index (κ3) is 4.19. The second-order valence-corrected chi connectivity index (χ2v) is 8.10. The number of aromatic nitrogens is 2. The molecule has 0 saturated carbocycles. The Hall–Kier alpha value is -2.67. The fourth-order valence-electron chi connectivity index (χ4n) is 2.93. The minimum Gasteiger partial charge on any atom is -0.494 e. The smallest absolute Gasteiger partial charge is 0.260 e. The number of anilines is 1. The molecule has 4 rings (SSSR count). The summed E-state index contributed by atoms with van der Waals surface area (Å²) in [6.45, 7) is 0.305. The Bertz CT molecular complexity index is 1160. The topological polar surface area (TPSA) is 55.3 Å². The summed E-state index contributed by atoms with van der Waals surface area (Å²) in [6.07, 6.45) is 3.41.